The zero-order chi connectivity index (χ0) is 24.7. The van der Waals surface area contributed by atoms with Crippen LogP contribution in [0.2, 0.25) is 0 Å². The molecule has 2 aliphatic rings. The van der Waals surface area contributed by atoms with Gasteiger partial charge in [0.2, 0.25) is 5.91 Å². The largest absolute Gasteiger partial charge is 0.469 e. The van der Waals surface area contributed by atoms with Crippen LogP contribution in [0.1, 0.15) is 67.7 Å². The molecule has 2 aromatic rings. The van der Waals surface area contributed by atoms with Crippen LogP contribution in [0.5, 0.6) is 0 Å². The fourth-order valence-electron chi connectivity index (χ4n) is 4.60. The number of fused-ring (bicyclic) bond motifs is 2. The molecule has 0 radical (unpaired) electrons. The van der Waals surface area contributed by atoms with E-state index in [-0.39, 0.29) is 21.7 Å². The van der Waals surface area contributed by atoms with Crippen molar-refractivity contribution in [3.63, 3.8) is 0 Å². The van der Waals surface area contributed by atoms with Gasteiger partial charge in [0, 0.05) is 4.88 Å². The summed E-state index contributed by atoms with van der Waals surface area (Å²) in [6.45, 7) is 3.47. The lowest BCUT2D eigenvalue weighted by molar-refractivity contribution is -0.142. The van der Waals surface area contributed by atoms with Gasteiger partial charge in [0.25, 0.3) is 11.8 Å². The van der Waals surface area contributed by atoms with E-state index in [2.05, 4.69) is 5.32 Å². The molecule has 0 bridgehead atoms. The smallest absolute Gasteiger partial charge is 0.341 e. The number of amides is 3. The summed E-state index contributed by atoms with van der Waals surface area (Å²) in [5.74, 6) is -3.88. The Morgan fingerprint density at radius 2 is 1.68 bits per heavy atom. The van der Waals surface area contributed by atoms with Crippen LogP contribution in [0.25, 0.3) is 0 Å². The summed E-state index contributed by atoms with van der Waals surface area (Å²) in [6.07, 6.45) is 1.04. The number of imide groups is 1. The second-order valence-electron chi connectivity index (χ2n) is 8.45. The maximum atomic E-state index is 13.5. The molecule has 0 saturated carbocycles. The second-order valence-corrected chi connectivity index (χ2v) is 9.56. The van der Waals surface area contributed by atoms with E-state index in [9.17, 15) is 24.0 Å². The van der Waals surface area contributed by atoms with Crippen molar-refractivity contribution < 1.29 is 33.4 Å². The molecule has 0 spiro atoms. The molecule has 2 unspecified atom stereocenters. The average molecular weight is 485 g/mol. The van der Waals surface area contributed by atoms with Gasteiger partial charge in [0.15, 0.2) is 0 Å². The number of thiophene rings is 1. The van der Waals surface area contributed by atoms with E-state index < -0.39 is 47.5 Å². The molecule has 34 heavy (non-hydrogen) atoms. The van der Waals surface area contributed by atoms with Gasteiger partial charge in [-0.3, -0.25) is 24.1 Å². The number of benzene rings is 1. The summed E-state index contributed by atoms with van der Waals surface area (Å²) in [6, 6.07) is 5.32. The van der Waals surface area contributed by atoms with Crippen molar-refractivity contribution in [2.75, 3.05) is 19.5 Å². The number of anilines is 1. The van der Waals surface area contributed by atoms with E-state index in [1.54, 1.807) is 38.1 Å². The molecule has 1 N–H and O–H groups in total. The third-order valence-electron chi connectivity index (χ3n) is 6.15. The summed E-state index contributed by atoms with van der Waals surface area (Å²) in [4.78, 5) is 66.2. The Bertz CT molecular complexity index is 1180. The van der Waals surface area contributed by atoms with Gasteiger partial charge in [0.1, 0.15) is 11.0 Å². The fourth-order valence-corrected chi connectivity index (χ4v) is 5.87. The third-order valence-corrected chi connectivity index (χ3v) is 7.33. The lowest BCUT2D eigenvalue weighted by Crippen LogP contribution is -2.50. The Kier molecular flexibility index (Phi) is 6.26. The molecule has 0 fully saturated rings. The molecule has 10 heteroatoms. The molecule has 2 heterocycles. The van der Waals surface area contributed by atoms with Crippen molar-refractivity contribution >= 4 is 46.0 Å². The molecule has 1 aromatic carbocycles. The maximum Gasteiger partial charge on any atom is 0.341 e. The summed E-state index contributed by atoms with van der Waals surface area (Å²) in [5.41, 5.74) is 1.10. The number of hydrogen-bond acceptors (Lipinski definition) is 8. The third kappa shape index (κ3) is 3.67. The number of ether oxygens (including phenoxy) is 2. The van der Waals surface area contributed by atoms with Crippen molar-refractivity contribution in [2.24, 2.45) is 5.92 Å². The van der Waals surface area contributed by atoms with Crippen LogP contribution in [-0.4, -0.2) is 54.8 Å². The summed E-state index contributed by atoms with van der Waals surface area (Å²) < 4.78 is 9.82. The van der Waals surface area contributed by atoms with E-state index in [1.165, 1.54) is 25.6 Å². The average Bonchev–Trinajstić information content (AvgIpc) is 3.45. The highest BCUT2D eigenvalue weighted by Crippen LogP contribution is 2.46. The number of nitrogens with zero attached hydrogens (tertiary/aromatic N) is 1. The van der Waals surface area contributed by atoms with Gasteiger partial charge in [-0.05, 0) is 36.5 Å². The van der Waals surface area contributed by atoms with Crippen molar-refractivity contribution in [1.29, 1.82) is 0 Å². The molecule has 1 aromatic heterocycles. The Balaban J connectivity index is 1.69. The summed E-state index contributed by atoms with van der Waals surface area (Å²) in [7, 11) is 2.50. The molecule has 9 nitrogen and oxygen atoms in total. The second kappa shape index (κ2) is 9.02. The standard InChI is InChI=1S/C24H24N2O7S/c1-11(2)18(26-21(28)12-7-5-6-8-13(12)22(26)29)19(27)25-20-17(24(31)33-4)16-14(23(30)32-3)9-10-15(16)34-20/h5-8,11,14,18H,9-10H2,1-4H3,(H,25,27). The molecule has 0 saturated heterocycles. The van der Waals surface area contributed by atoms with Crippen molar-refractivity contribution in [3.8, 4) is 0 Å². The normalized spacial score (nSPS) is 17.4. The van der Waals surface area contributed by atoms with Gasteiger partial charge in [-0.15, -0.1) is 11.3 Å². The molecule has 178 valence electrons. The van der Waals surface area contributed by atoms with Gasteiger partial charge in [-0.25, -0.2) is 4.79 Å². The Hall–Kier alpha value is -3.53. The van der Waals surface area contributed by atoms with Crippen molar-refractivity contribution in [1.82, 2.24) is 4.90 Å². The van der Waals surface area contributed by atoms with Crippen LogP contribution in [0.15, 0.2) is 24.3 Å². The van der Waals surface area contributed by atoms with E-state index in [0.717, 1.165) is 9.78 Å². The van der Waals surface area contributed by atoms with Gasteiger partial charge < -0.3 is 14.8 Å². The van der Waals surface area contributed by atoms with Gasteiger partial charge in [0.05, 0.1) is 36.8 Å². The first-order valence-electron chi connectivity index (χ1n) is 10.8. The monoisotopic (exact) mass is 484 g/mol. The van der Waals surface area contributed by atoms with E-state index in [4.69, 9.17) is 9.47 Å². The van der Waals surface area contributed by atoms with Crippen LogP contribution in [0, 0.1) is 5.92 Å². The number of methoxy groups -OCH3 is 2. The number of rotatable bonds is 6. The van der Waals surface area contributed by atoms with Gasteiger partial charge >= 0.3 is 11.9 Å². The summed E-state index contributed by atoms with van der Waals surface area (Å²) >= 11 is 1.18. The Labute approximate surface area is 200 Å². The van der Waals surface area contributed by atoms with E-state index >= 15 is 0 Å². The molecule has 2 atom stereocenters. The number of carbonyl (C=O) groups is 5. The first-order chi connectivity index (χ1) is 16.2. The van der Waals surface area contributed by atoms with E-state index in [1.807, 2.05) is 0 Å². The predicted molar refractivity (Wildman–Crippen MR) is 123 cm³/mol. The van der Waals surface area contributed by atoms with Crippen LogP contribution >= 0.6 is 11.3 Å². The minimum absolute atomic E-state index is 0.105. The van der Waals surface area contributed by atoms with Crippen molar-refractivity contribution in [3.05, 3.63) is 51.4 Å². The Morgan fingerprint density at radius 3 is 2.21 bits per heavy atom. The van der Waals surface area contributed by atoms with Gasteiger partial charge in [-0.2, -0.15) is 0 Å². The SMILES string of the molecule is COC(=O)c1c(NC(=O)C(C(C)C)N2C(=O)c3ccccc3C2=O)sc2c1C(C(=O)OC)CC2. The quantitative estimate of drug-likeness (QED) is 0.494. The number of aryl methyl sites for hydroxylation is 1. The molecule has 1 aliphatic heterocycles. The van der Waals surface area contributed by atoms with Crippen LogP contribution in [0.3, 0.4) is 0 Å². The van der Waals surface area contributed by atoms with Crippen molar-refractivity contribution in [2.45, 2.75) is 38.6 Å². The zero-order valence-electron chi connectivity index (χ0n) is 19.2. The first kappa shape index (κ1) is 23.6. The van der Waals surface area contributed by atoms with Crippen LogP contribution < -0.4 is 5.32 Å². The number of esters is 2. The highest BCUT2D eigenvalue weighted by atomic mass is 32.1. The lowest BCUT2D eigenvalue weighted by Gasteiger charge is -2.28. The Morgan fingerprint density at radius 1 is 1.06 bits per heavy atom. The minimum atomic E-state index is -1.11. The zero-order valence-corrected chi connectivity index (χ0v) is 20.0. The highest BCUT2D eigenvalue weighted by Gasteiger charge is 2.45. The van der Waals surface area contributed by atoms with Crippen LogP contribution in [0.4, 0.5) is 5.00 Å². The number of hydrogen-bond donors (Lipinski definition) is 1. The minimum Gasteiger partial charge on any atom is -0.469 e. The number of carbonyl (C=O) groups excluding carboxylic acids is 5. The van der Waals surface area contributed by atoms with Gasteiger partial charge in [-0.1, -0.05) is 26.0 Å². The summed E-state index contributed by atoms with van der Waals surface area (Å²) in [5, 5.41) is 2.96. The number of nitrogens with one attached hydrogen (secondary N) is 1. The molecule has 4 rings (SSSR count). The lowest BCUT2D eigenvalue weighted by atomic mass is 9.99. The molecular formula is C24H24N2O7S. The molecule has 3 amide bonds. The molecule has 1 aliphatic carbocycles. The van der Waals surface area contributed by atoms with E-state index in [0.29, 0.717) is 18.4 Å². The van der Waals surface area contributed by atoms with Crippen LogP contribution in [-0.2, 0) is 25.5 Å². The maximum absolute atomic E-state index is 13.5. The topological polar surface area (TPSA) is 119 Å². The fraction of sp³-hybridized carbons (Fsp3) is 0.375. The molecular weight excluding hydrogens is 460 g/mol. The predicted octanol–water partition coefficient (Wildman–Crippen LogP) is 3.00. The first-order valence-corrected chi connectivity index (χ1v) is 11.6. The highest BCUT2D eigenvalue weighted by molar-refractivity contribution is 7.17.